The van der Waals surface area contributed by atoms with E-state index in [4.69, 9.17) is 4.74 Å². The molecule has 0 bridgehead atoms. The van der Waals surface area contributed by atoms with Gasteiger partial charge in [-0.2, -0.15) is 0 Å². The van der Waals surface area contributed by atoms with Gasteiger partial charge in [0.2, 0.25) is 0 Å². The van der Waals surface area contributed by atoms with E-state index in [-0.39, 0.29) is 0 Å². The molecular weight excluding hydrogens is 312 g/mol. The minimum atomic E-state index is 0.439. The fraction of sp³-hybridized carbons (Fsp3) is 0.350. The van der Waals surface area contributed by atoms with Crippen LogP contribution in [0.2, 0.25) is 0 Å². The first-order valence-electron chi connectivity index (χ1n) is 8.85. The number of ether oxygens (including phenoxy) is 1. The molecule has 2 aliphatic rings. The average molecular weight is 334 g/mol. The third kappa shape index (κ3) is 2.30. The molecule has 5 nitrogen and oxygen atoms in total. The van der Waals surface area contributed by atoms with Gasteiger partial charge in [-0.3, -0.25) is 0 Å². The Labute approximate surface area is 147 Å². The van der Waals surface area contributed by atoms with E-state index in [0.717, 1.165) is 29.9 Å². The number of aryl methyl sites for hydroxylation is 1. The molecule has 1 fully saturated rings. The molecule has 2 atom stereocenters. The Balaban J connectivity index is 1.51. The van der Waals surface area contributed by atoms with Crippen molar-refractivity contribution in [1.29, 1.82) is 0 Å². The van der Waals surface area contributed by atoms with Crippen molar-refractivity contribution < 1.29 is 4.74 Å². The zero-order valence-corrected chi connectivity index (χ0v) is 14.5. The van der Waals surface area contributed by atoms with E-state index in [9.17, 15) is 0 Å². The van der Waals surface area contributed by atoms with Gasteiger partial charge in [0, 0.05) is 18.3 Å². The van der Waals surface area contributed by atoms with Crippen molar-refractivity contribution in [3.05, 3.63) is 53.3 Å². The molecule has 5 heteroatoms. The zero-order valence-electron chi connectivity index (χ0n) is 14.5. The Morgan fingerprint density at radius 2 is 2.20 bits per heavy atom. The molecule has 128 valence electrons. The number of hydrogen-bond acceptors (Lipinski definition) is 4. The highest BCUT2D eigenvalue weighted by atomic mass is 16.5. The molecular formula is C20H22N4O. The van der Waals surface area contributed by atoms with Crippen molar-refractivity contribution in [2.45, 2.75) is 32.0 Å². The maximum absolute atomic E-state index is 5.36. The standard InChI is InChI=1S/C20H22N4O/c1-12-7-13(3-4-19(12)25-2)10-24-11-22-17-8-14-16(9-18(17)24)23-15-5-6-21-20(14)15/h3-4,7-9,11,15,20-21,23H,5-6,10H2,1-2H3. The predicted molar refractivity (Wildman–Crippen MR) is 99.3 cm³/mol. The van der Waals surface area contributed by atoms with Crippen molar-refractivity contribution in [1.82, 2.24) is 14.9 Å². The summed E-state index contributed by atoms with van der Waals surface area (Å²) >= 11 is 0. The fourth-order valence-electron chi connectivity index (χ4n) is 4.25. The van der Waals surface area contributed by atoms with Gasteiger partial charge in [-0.25, -0.2) is 4.98 Å². The van der Waals surface area contributed by atoms with Gasteiger partial charge >= 0.3 is 0 Å². The fourth-order valence-corrected chi connectivity index (χ4v) is 4.25. The molecule has 2 aliphatic heterocycles. The van der Waals surface area contributed by atoms with E-state index < -0.39 is 0 Å². The van der Waals surface area contributed by atoms with Gasteiger partial charge in [0.05, 0.1) is 30.5 Å². The topological polar surface area (TPSA) is 51.1 Å². The minimum absolute atomic E-state index is 0.439. The molecule has 2 unspecified atom stereocenters. The first-order chi connectivity index (χ1) is 12.2. The third-order valence-electron chi connectivity index (χ3n) is 5.50. The molecule has 2 aromatic carbocycles. The molecule has 0 radical (unpaired) electrons. The molecule has 5 rings (SSSR count). The summed E-state index contributed by atoms with van der Waals surface area (Å²) in [5.74, 6) is 0.931. The number of hydrogen-bond donors (Lipinski definition) is 2. The van der Waals surface area contributed by atoms with Gasteiger partial charge in [-0.15, -0.1) is 0 Å². The lowest BCUT2D eigenvalue weighted by atomic mass is 10.0. The second-order valence-corrected chi connectivity index (χ2v) is 7.08. The van der Waals surface area contributed by atoms with Crippen LogP contribution in [-0.4, -0.2) is 29.2 Å². The van der Waals surface area contributed by atoms with Crippen LogP contribution in [0.3, 0.4) is 0 Å². The summed E-state index contributed by atoms with van der Waals surface area (Å²) < 4.78 is 7.58. The van der Waals surface area contributed by atoms with Crippen LogP contribution in [0, 0.1) is 6.92 Å². The predicted octanol–water partition coefficient (Wildman–Crippen LogP) is 3.23. The molecule has 3 aromatic rings. The summed E-state index contributed by atoms with van der Waals surface area (Å²) in [4.78, 5) is 4.65. The largest absolute Gasteiger partial charge is 0.496 e. The van der Waals surface area contributed by atoms with Crippen molar-refractivity contribution in [2.24, 2.45) is 0 Å². The van der Waals surface area contributed by atoms with E-state index in [0.29, 0.717) is 12.1 Å². The van der Waals surface area contributed by atoms with E-state index in [1.807, 2.05) is 12.4 Å². The van der Waals surface area contributed by atoms with Crippen molar-refractivity contribution in [2.75, 3.05) is 19.0 Å². The quantitative estimate of drug-likeness (QED) is 0.772. The number of anilines is 1. The molecule has 0 spiro atoms. The van der Waals surface area contributed by atoms with Gasteiger partial charge in [-0.05, 0) is 54.8 Å². The highest BCUT2D eigenvalue weighted by Gasteiger charge is 2.36. The summed E-state index contributed by atoms with van der Waals surface area (Å²) in [7, 11) is 1.71. The Morgan fingerprint density at radius 3 is 3.04 bits per heavy atom. The monoisotopic (exact) mass is 334 g/mol. The summed E-state index contributed by atoms with van der Waals surface area (Å²) in [6, 6.07) is 11.8. The highest BCUT2D eigenvalue weighted by Crippen LogP contribution is 2.40. The number of fused-ring (bicyclic) bond motifs is 4. The number of aromatic nitrogens is 2. The van der Waals surface area contributed by atoms with Crippen LogP contribution in [0.4, 0.5) is 5.69 Å². The second-order valence-electron chi connectivity index (χ2n) is 7.08. The molecule has 1 aromatic heterocycles. The number of nitrogens with zero attached hydrogens (tertiary/aromatic N) is 2. The maximum atomic E-state index is 5.36. The Hall–Kier alpha value is -2.53. The van der Waals surface area contributed by atoms with Crippen LogP contribution in [0.5, 0.6) is 5.75 Å². The maximum Gasteiger partial charge on any atom is 0.121 e. The Kier molecular flexibility index (Phi) is 3.25. The van der Waals surface area contributed by atoms with Crippen LogP contribution in [0.1, 0.15) is 29.2 Å². The molecule has 1 saturated heterocycles. The number of nitrogens with one attached hydrogen (secondary N) is 2. The molecule has 2 N–H and O–H groups in total. The minimum Gasteiger partial charge on any atom is -0.496 e. The van der Waals surface area contributed by atoms with Gasteiger partial charge < -0.3 is 19.9 Å². The van der Waals surface area contributed by atoms with E-state index >= 15 is 0 Å². The van der Waals surface area contributed by atoms with Crippen LogP contribution in [0.25, 0.3) is 11.0 Å². The lowest BCUT2D eigenvalue weighted by Crippen LogP contribution is -2.19. The molecule has 0 aliphatic carbocycles. The summed E-state index contributed by atoms with van der Waals surface area (Å²) in [6.07, 6.45) is 3.13. The lowest BCUT2D eigenvalue weighted by molar-refractivity contribution is 0.411. The molecule has 0 saturated carbocycles. The van der Waals surface area contributed by atoms with Crippen LogP contribution in [0.15, 0.2) is 36.7 Å². The normalized spacial score (nSPS) is 21.2. The first kappa shape index (κ1) is 14.8. The summed E-state index contributed by atoms with van der Waals surface area (Å²) in [5.41, 5.74) is 7.28. The smallest absolute Gasteiger partial charge is 0.121 e. The molecule has 3 heterocycles. The zero-order chi connectivity index (χ0) is 17.0. The average Bonchev–Trinajstić information content (AvgIpc) is 3.28. The van der Waals surface area contributed by atoms with Gasteiger partial charge in [0.15, 0.2) is 0 Å². The van der Waals surface area contributed by atoms with Crippen molar-refractivity contribution in [3.63, 3.8) is 0 Å². The van der Waals surface area contributed by atoms with Gasteiger partial charge in [0.25, 0.3) is 0 Å². The van der Waals surface area contributed by atoms with E-state index in [1.54, 1.807) is 7.11 Å². The van der Waals surface area contributed by atoms with Gasteiger partial charge in [0.1, 0.15) is 5.75 Å². The number of imidazole rings is 1. The molecule has 25 heavy (non-hydrogen) atoms. The summed E-state index contributed by atoms with van der Waals surface area (Å²) in [5, 5.41) is 7.27. The summed E-state index contributed by atoms with van der Waals surface area (Å²) in [6.45, 7) is 3.98. The van der Waals surface area contributed by atoms with E-state index in [2.05, 4.69) is 51.4 Å². The highest BCUT2D eigenvalue weighted by molar-refractivity contribution is 5.83. The molecule has 0 amide bonds. The lowest BCUT2D eigenvalue weighted by Gasteiger charge is -2.10. The van der Waals surface area contributed by atoms with Crippen molar-refractivity contribution >= 4 is 16.7 Å². The number of methoxy groups -OCH3 is 1. The number of benzene rings is 2. The van der Waals surface area contributed by atoms with Crippen LogP contribution >= 0.6 is 0 Å². The Bertz CT molecular complexity index is 962. The van der Waals surface area contributed by atoms with Gasteiger partial charge in [-0.1, -0.05) is 12.1 Å². The third-order valence-corrected chi connectivity index (χ3v) is 5.50. The Morgan fingerprint density at radius 1 is 1.28 bits per heavy atom. The van der Waals surface area contributed by atoms with Crippen molar-refractivity contribution in [3.8, 4) is 5.75 Å². The first-order valence-corrected chi connectivity index (χ1v) is 8.85. The van der Waals surface area contributed by atoms with E-state index in [1.165, 1.54) is 28.8 Å². The second kappa shape index (κ2) is 5.49. The SMILES string of the molecule is COc1ccc(Cn2cnc3cc4c(cc32)NC2CCNC42)cc1C. The van der Waals surface area contributed by atoms with Crippen LogP contribution < -0.4 is 15.4 Å². The number of rotatable bonds is 3. The van der Waals surface area contributed by atoms with Crippen LogP contribution in [-0.2, 0) is 6.54 Å².